The molecule has 2 amide bonds. The Morgan fingerprint density at radius 1 is 1.21 bits per heavy atom. The van der Waals surface area contributed by atoms with Crippen molar-refractivity contribution in [3.8, 4) is 12.0 Å². The molecule has 2 aromatic heterocycles. The third-order valence-electron chi connectivity index (χ3n) is 4.62. The first-order valence-corrected chi connectivity index (χ1v) is 9.11. The average Bonchev–Trinajstić information content (AvgIpc) is 3.31. The quantitative estimate of drug-likeness (QED) is 0.721. The molecule has 3 rings (SSSR count). The van der Waals surface area contributed by atoms with E-state index >= 15 is 0 Å². The zero-order valence-electron chi connectivity index (χ0n) is 16.8. The van der Waals surface area contributed by atoms with E-state index in [4.69, 9.17) is 4.42 Å². The summed E-state index contributed by atoms with van der Waals surface area (Å²) in [5, 5.41) is 12.4. The van der Waals surface area contributed by atoms with Crippen LogP contribution >= 0.6 is 0 Å². The Kier molecular flexibility index (Phi) is 5.55. The zero-order valence-corrected chi connectivity index (χ0v) is 16.8. The van der Waals surface area contributed by atoms with Gasteiger partial charge in [0.2, 0.25) is 11.8 Å². The van der Waals surface area contributed by atoms with Gasteiger partial charge in [-0.25, -0.2) is 0 Å². The van der Waals surface area contributed by atoms with Crippen LogP contribution in [0.3, 0.4) is 0 Å². The van der Waals surface area contributed by atoms with E-state index in [1.807, 2.05) is 32.0 Å². The van der Waals surface area contributed by atoms with Gasteiger partial charge >= 0.3 is 0 Å². The molecule has 148 valence electrons. The number of carbonyl (C=O) groups excluding carboxylic acids is 2. The van der Waals surface area contributed by atoms with Crippen LogP contribution in [0.5, 0.6) is 0 Å². The fraction of sp³-hybridized carbons (Fsp3) is 0.227. The van der Waals surface area contributed by atoms with Crippen molar-refractivity contribution in [3.05, 3.63) is 70.7 Å². The monoisotopic (exact) mass is 390 g/mol. The minimum Gasteiger partial charge on any atom is -0.443 e. The van der Waals surface area contributed by atoms with E-state index in [1.165, 1.54) is 11.9 Å². The molecule has 29 heavy (non-hydrogen) atoms. The summed E-state index contributed by atoms with van der Waals surface area (Å²) in [6.07, 6.45) is 3.46. The van der Waals surface area contributed by atoms with Gasteiger partial charge in [0.25, 0.3) is 5.91 Å². The van der Waals surface area contributed by atoms with Crippen LogP contribution < -0.4 is 5.32 Å². The summed E-state index contributed by atoms with van der Waals surface area (Å²) in [5.74, 6) is -0.152. The number of likely N-dealkylation sites (N-methyl/N-ethyl adjacent to an activating group) is 1. The van der Waals surface area contributed by atoms with Crippen molar-refractivity contribution in [3.63, 3.8) is 0 Å². The van der Waals surface area contributed by atoms with Crippen LogP contribution in [0.1, 0.15) is 32.8 Å². The second-order valence-electron chi connectivity index (χ2n) is 6.94. The lowest BCUT2D eigenvalue weighted by atomic mass is 10.1. The molecule has 0 saturated carbocycles. The lowest BCUT2D eigenvalue weighted by molar-refractivity contribution is -0.116. The van der Waals surface area contributed by atoms with Crippen LogP contribution in [0.15, 0.2) is 47.1 Å². The van der Waals surface area contributed by atoms with Gasteiger partial charge in [-0.15, -0.1) is 0 Å². The van der Waals surface area contributed by atoms with Crippen molar-refractivity contribution in [2.45, 2.75) is 20.8 Å². The van der Waals surface area contributed by atoms with Gasteiger partial charge in [-0.3, -0.25) is 14.2 Å². The minimum absolute atomic E-state index is 0.144. The van der Waals surface area contributed by atoms with E-state index in [1.54, 1.807) is 36.0 Å². The molecule has 0 aliphatic carbocycles. The lowest BCUT2D eigenvalue weighted by Crippen LogP contribution is -2.35. The van der Waals surface area contributed by atoms with Crippen LogP contribution in [0.4, 0.5) is 5.69 Å². The van der Waals surface area contributed by atoms with Crippen LogP contribution in [0.2, 0.25) is 0 Å². The number of rotatable bonds is 5. The summed E-state index contributed by atoms with van der Waals surface area (Å²) in [6, 6.07) is 11.4. The Balaban J connectivity index is 1.79. The highest BCUT2D eigenvalue weighted by Gasteiger charge is 2.27. The molecule has 0 aliphatic rings. The Labute approximate surface area is 169 Å². The maximum Gasteiger partial charge on any atom is 0.259 e. The number of anilines is 1. The zero-order chi connectivity index (χ0) is 21.1. The summed E-state index contributed by atoms with van der Waals surface area (Å²) in [4.78, 5) is 26.7. The fourth-order valence-corrected chi connectivity index (χ4v) is 3.08. The molecular formula is C22H22N4O3. The van der Waals surface area contributed by atoms with Crippen molar-refractivity contribution < 1.29 is 14.0 Å². The van der Waals surface area contributed by atoms with Crippen LogP contribution in [0, 0.1) is 32.1 Å². The first kappa shape index (κ1) is 20.0. The summed E-state index contributed by atoms with van der Waals surface area (Å²) in [7, 11) is 1.52. The van der Waals surface area contributed by atoms with Gasteiger partial charge in [0.05, 0.1) is 6.54 Å². The molecule has 7 nitrogen and oxygen atoms in total. The largest absolute Gasteiger partial charge is 0.443 e. The average molecular weight is 390 g/mol. The first-order chi connectivity index (χ1) is 13.8. The summed E-state index contributed by atoms with van der Waals surface area (Å²) in [6.45, 7) is 5.32. The number of nitrogens with one attached hydrogen (secondary N) is 1. The Morgan fingerprint density at radius 2 is 1.90 bits per heavy atom. The number of hydrogen-bond acceptors (Lipinski definition) is 4. The molecule has 0 aliphatic heterocycles. The molecular weight excluding hydrogens is 368 g/mol. The highest BCUT2D eigenvalue weighted by Crippen LogP contribution is 2.26. The second-order valence-corrected chi connectivity index (χ2v) is 6.94. The lowest BCUT2D eigenvalue weighted by Gasteiger charge is -2.17. The predicted molar refractivity (Wildman–Crippen MR) is 109 cm³/mol. The van der Waals surface area contributed by atoms with Crippen molar-refractivity contribution in [1.82, 2.24) is 9.47 Å². The molecule has 1 aromatic carbocycles. The number of nitrogens with zero attached hydrogens (tertiary/aromatic N) is 3. The smallest absolute Gasteiger partial charge is 0.259 e. The Hall–Kier alpha value is -3.79. The van der Waals surface area contributed by atoms with Crippen LogP contribution in [0.25, 0.3) is 5.88 Å². The topological polar surface area (TPSA) is 91.3 Å². The van der Waals surface area contributed by atoms with Gasteiger partial charge in [0.15, 0.2) is 0 Å². The molecule has 0 atom stereocenters. The molecule has 1 N–H and O–H groups in total. The molecule has 2 heterocycles. The van der Waals surface area contributed by atoms with Crippen molar-refractivity contribution in [2.75, 3.05) is 18.9 Å². The Morgan fingerprint density at radius 3 is 2.55 bits per heavy atom. The standard InChI is InChI=1S/C22H22N4O3/c1-14-7-8-15(2)18(11-14)24-19(27)13-25(4)21(28)20-16(3)29-22(17(20)12-23)26-9-5-6-10-26/h5-11H,13H2,1-4H3,(H,24,27). The molecule has 0 unspecified atom stereocenters. The summed E-state index contributed by atoms with van der Waals surface area (Å²) in [5.41, 5.74) is 2.99. The number of nitriles is 1. The number of hydrogen-bond donors (Lipinski definition) is 1. The van der Waals surface area contributed by atoms with E-state index < -0.39 is 5.91 Å². The molecule has 0 saturated heterocycles. The third-order valence-corrected chi connectivity index (χ3v) is 4.62. The summed E-state index contributed by atoms with van der Waals surface area (Å²) >= 11 is 0. The number of aromatic nitrogens is 1. The summed E-state index contributed by atoms with van der Waals surface area (Å²) < 4.78 is 7.31. The molecule has 3 aromatic rings. The fourth-order valence-electron chi connectivity index (χ4n) is 3.08. The van der Waals surface area contributed by atoms with Gasteiger partial charge in [-0.05, 0) is 50.1 Å². The van der Waals surface area contributed by atoms with Gasteiger partial charge in [-0.1, -0.05) is 12.1 Å². The molecule has 0 fully saturated rings. The van der Waals surface area contributed by atoms with Crippen molar-refractivity contribution in [1.29, 1.82) is 5.26 Å². The highest BCUT2D eigenvalue weighted by atomic mass is 16.4. The second kappa shape index (κ2) is 8.07. The number of amides is 2. The number of aryl methyl sites for hydroxylation is 3. The normalized spacial score (nSPS) is 10.4. The van der Waals surface area contributed by atoms with E-state index in [-0.39, 0.29) is 29.5 Å². The van der Waals surface area contributed by atoms with Gasteiger partial charge in [0.1, 0.15) is 23.0 Å². The van der Waals surface area contributed by atoms with Gasteiger partial charge in [0, 0.05) is 25.1 Å². The maximum atomic E-state index is 13.0. The first-order valence-electron chi connectivity index (χ1n) is 9.11. The third kappa shape index (κ3) is 4.06. The number of carbonyl (C=O) groups is 2. The van der Waals surface area contributed by atoms with E-state index in [9.17, 15) is 14.9 Å². The molecule has 0 spiro atoms. The Bertz CT molecular complexity index is 1100. The number of furan rings is 1. The van der Waals surface area contributed by atoms with Gasteiger partial charge in [-0.2, -0.15) is 5.26 Å². The van der Waals surface area contributed by atoms with E-state index in [2.05, 4.69) is 11.4 Å². The van der Waals surface area contributed by atoms with Gasteiger partial charge < -0.3 is 14.6 Å². The molecule has 0 bridgehead atoms. The molecule has 7 heteroatoms. The minimum atomic E-state index is -0.447. The predicted octanol–water partition coefficient (Wildman–Crippen LogP) is 3.58. The van der Waals surface area contributed by atoms with E-state index in [0.717, 1.165) is 11.1 Å². The van der Waals surface area contributed by atoms with Crippen molar-refractivity contribution >= 4 is 17.5 Å². The number of benzene rings is 1. The molecule has 0 radical (unpaired) electrons. The van der Waals surface area contributed by atoms with E-state index in [0.29, 0.717) is 11.4 Å². The SMILES string of the molecule is Cc1ccc(C)c(NC(=O)CN(C)C(=O)c2c(C)oc(-n3cccc3)c2C#N)c1. The van der Waals surface area contributed by atoms with Crippen LogP contribution in [-0.2, 0) is 4.79 Å². The van der Waals surface area contributed by atoms with Crippen molar-refractivity contribution in [2.24, 2.45) is 0 Å². The highest BCUT2D eigenvalue weighted by molar-refractivity contribution is 6.02. The maximum absolute atomic E-state index is 13.0. The van der Waals surface area contributed by atoms with Crippen LogP contribution in [-0.4, -0.2) is 34.9 Å².